The first-order chi connectivity index (χ1) is 9.97. The maximum absolute atomic E-state index is 5.75. The monoisotopic (exact) mass is 278 g/mol. The second kappa shape index (κ2) is 5.07. The molecule has 108 valence electrons. The zero-order chi connectivity index (χ0) is 15.1. The molecule has 0 spiro atoms. The van der Waals surface area contributed by atoms with Gasteiger partial charge in [0.05, 0.1) is 6.26 Å². The Morgan fingerprint density at radius 2 is 1.24 bits per heavy atom. The lowest BCUT2D eigenvalue weighted by Crippen LogP contribution is -2.08. The Morgan fingerprint density at radius 1 is 0.714 bits per heavy atom. The molecule has 1 heterocycles. The number of hydrogen-bond acceptors (Lipinski definition) is 1. The van der Waals surface area contributed by atoms with Crippen LogP contribution in [0.25, 0.3) is 5.57 Å². The fraction of sp³-hybridized carbons (Fsp3) is 0.300. The minimum Gasteiger partial charge on any atom is -0.496 e. The van der Waals surface area contributed by atoms with Crippen molar-refractivity contribution < 1.29 is 4.74 Å². The van der Waals surface area contributed by atoms with E-state index in [1.807, 2.05) is 6.26 Å². The van der Waals surface area contributed by atoms with Gasteiger partial charge in [-0.2, -0.15) is 0 Å². The van der Waals surface area contributed by atoms with E-state index in [4.69, 9.17) is 4.74 Å². The normalized spacial score (nSPS) is 13.5. The summed E-state index contributed by atoms with van der Waals surface area (Å²) in [6.07, 6.45) is 1.94. The van der Waals surface area contributed by atoms with Crippen molar-refractivity contribution in [2.45, 2.75) is 41.2 Å². The lowest BCUT2D eigenvalue weighted by atomic mass is 9.85. The van der Waals surface area contributed by atoms with E-state index in [-0.39, 0.29) is 0 Å². The second-order valence-electron chi connectivity index (χ2n) is 6.23. The molecule has 1 nitrogen and oxygen atoms in total. The van der Waals surface area contributed by atoms with Gasteiger partial charge in [0.25, 0.3) is 0 Å². The molecule has 0 aliphatic carbocycles. The number of rotatable bonds is 1. The molecule has 0 unspecified atom stereocenters. The van der Waals surface area contributed by atoms with Crippen LogP contribution in [-0.4, -0.2) is 0 Å². The van der Waals surface area contributed by atoms with E-state index in [0.717, 1.165) is 0 Å². The number of fused-ring (bicyclic) bond motifs is 1. The summed E-state index contributed by atoms with van der Waals surface area (Å²) in [6, 6.07) is 9.01. The Labute approximate surface area is 127 Å². The maximum Gasteiger partial charge on any atom is 0.113 e. The van der Waals surface area contributed by atoms with Gasteiger partial charge in [0.1, 0.15) is 6.61 Å². The van der Waals surface area contributed by atoms with E-state index in [1.54, 1.807) is 0 Å². The molecule has 1 heteroatoms. The fourth-order valence-corrected chi connectivity index (χ4v) is 3.62. The van der Waals surface area contributed by atoms with Crippen molar-refractivity contribution in [2.75, 3.05) is 0 Å². The zero-order valence-electron chi connectivity index (χ0n) is 13.5. The van der Waals surface area contributed by atoms with E-state index in [1.165, 1.54) is 50.1 Å². The van der Waals surface area contributed by atoms with Gasteiger partial charge in [-0.25, -0.2) is 0 Å². The molecule has 2 aromatic rings. The molecule has 0 saturated heterocycles. The average Bonchev–Trinajstić information content (AvgIpc) is 2.36. The smallest absolute Gasteiger partial charge is 0.113 e. The van der Waals surface area contributed by atoms with Crippen molar-refractivity contribution in [1.29, 1.82) is 0 Å². The van der Waals surface area contributed by atoms with Crippen molar-refractivity contribution in [3.8, 4) is 0 Å². The minimum absolute atomic E-state index is 0.672. The summed E-state index contributed by atoms with van der Waals surface area (Å²) >= 11 is 0. The van der Waals surface area contributed by atoms with Crippen molar-refractivity contribution >= 4 is 5.57 Å². The van der Waals surface area contributed by atoms with E-state index >= 15 is 0 Å². The Bertz CT molecular complexity index is 728. The van der Waals surface area contributed by atoms with Crippen molar-refractivity contribution in [1.82, 2.24) is 0 Å². The highest BCUT2D eigenvalue weighted by atomic mass is 16.5. The Morgan fingerprint density at radius 3 is 1.86 bits per heavy atom. The lowest BCUT2D eigenvalue weighted by molar-refractivity contribution is 0.233. The molecule has 1 aliphatic heterocycles. The SMILES string of the molecule is Cc1cc(C)c(C2=COCc3cc(C)cc(C)c32)c(C)c1. The van der Waals surface area contributed by atoms with Crippen LogP contribution in [0.1, 0.15) is 44.5 Å². The van der Waals surface area contributed by atoms with E-state index in [0.29, 0.717) is 6.61 Å². The van der Waals surface area contributed by atoms with Crippen LogP contribution in [0.15, 0.2) is 30.5 Å². The Hall–Kier alpha value is -2.02. The number of hydrogen-bond donors (Lipinski definition) is 0. The third-order valence-electron chi connectivity index (χ3n) is 4.22. The van der Waals surface area contributed by atoms with Gasteiger partial charge in [-0.1, -0.05) is 35.4 Å². The van der Waals surface area contributed by atoms with Gasteiger partial charge in [-0.3, -0.25) is 0 Å². The van der Waals surface area contributed by atoms with Gasteiger partial charge in [0, 0.05) is 5.57 Å². The summed E-state index contributed by atoms with van der Waals surface area (Å²) < 4.78 is 5.75. The highest BCUT2D eigenvalue weighted by Gasteiger charge is 2.20. The van der Waals surface area contributed by atoms with Gasteiger partial charge in [0.2, 0.25) is 0 Å². The molecule has 0 N–H and O–H groups in total. The number of aryl methyl sites for hydroxylation is 5. The van der Waals surface area contributed by atoms with Crippen LogP contribution in [0.4, 0.5) is 0 Å². The average molecular weight is 278 g/mol. The van der Waals surface area contributed by atoms with Gasteiger partial charge in [0.15, 0.2) is 0 Å². The summed E-state index contributed by atoms with van der Waals surface area (Å²) in [5.41, 5.74) is 11.8. The van der Waals surface area contributed by atoms with Crippen LogP contribution < -0.4 is 0 Å². The summed E-state index contributed by atoms with van der Waals surface area (Å²) in [5.74, 6) is 0. The fourth-order valence-electron chi connectivity index (χ4n) is 3.62. The molecule has 0 bridgehead atoms. The van der Waals surface area contributed by atoms with Crippen LogP contribution in [0.2, 0.25) is 0 Å². The van der Waals surface area contributed by atoms with E-state index in [2.05, 4.69) is 58.9 Å². The van der Waals surface area contributed by atoms with Gasteiger partial charge < -0.3 is 4.74 Å². The topological polar surface area (TPSA) is 9.23 Å². The van der Waals surface area contributed by atoms with E-state index < -0.39 is 0 Å². The largest absolute Gasteiger partial charge is 0.496 e. The molecule has 0 atom stereocenters. The summed E-state index contributed by atoms with van der Waals surface area (Å²) in [5, 5.41) is 0. The predicted molar refractivity (Wildman–Crippen MR) is 88.4 cm³/mol. The quantitative estimate of drug-likeness (QED) is 0.701. The highest BCUT2D eigenvalue weighted by Crippen LogP contribution is 2.37. The molecule has 0 amide bonds. The van der Waals surface area contributed by atoms with E-state index in [9.17, 15) is 0 Å². The van der Waals surface area contributed by atoms with Crippen LogP contribution in [0.5, 0.6) is 0 Å². The number of ether oxygens (including phenoxy) is 1. The molecule has 2 aromatic carbocycles. The van der Waals surface area contributed by atoms with Crippen LogP contribution in [0.3, 0.4) is 0 Å². The van der Waals surface area contributed by atoms with Gasteiger partial charge in [-0.15, -0.1) is 0 Å². The Kier molecular flexibility index (Phi) is 3.36. The molecule has 3 rings (SSSR count). The van der Waals surface area contributed by atoms with Crippen LogP contribution >= 0.6 is 0 Å². The third kappa shape index (κ3) is 2.37. The number of benzene rings is 2. The van der Waals surface area contributed by atoms with Gasteiger partial charge >= 0.3 is 0 Å². The van der Waals surface area contributed by atoms with Crippen LogP contribution in [-0.2, 0) is 11.3 Å². The lowest BCUT2D eigenvalue weighted by Gasteiger charge is -2.24. The first-order valence-corrected chi connectivity index (χ1v) is 7.48. The summed E-state index contributed by atoms with van der Waals surface area (Å²) in [4.78, 5) is 0. The van der Waals surface area contributed by atoms with Gasteiger partial charge in [-0.05, 0) is 68.0 Å². The first-order valence-electron chi connectivity index (χ1n) is 7.48. The standard InChI is InChI=1S/C20H22O/c1-12-6-14(3)19(15(4)7-12)18-11-21-10-17-9-13(2)8-16(5)20(17)18/h6-9,11H,10H2,1-5H3. The molecule has 0 radical (unpaired) electrons. The summed E-state index contributed by atoms with van der Waals surface area (Å²) in [6.45, 7) is 11.5. The summed E-state index contributed by atoms with van der Waals surface area (Å²) in [7, 11) is 0. The van der Waals surface area contributed by atoms with Crippen molar-refractivity contribution in [3.05, 3.63) is 75.0 Å². The molecule has 1 aliphatic rings. The van der Waals surface area contributed by atoms with Crippen molar-refractivity contribution in [3.63, 3.8) is 0 Å². The zero-order valence-corrected chi connectivity index (χ0v) is 13.5. The predicted octanol–water partition coefficient (Wildman–Crippen LogP) is 5.15. The minimum atomic E-state index is 0.672. The third-order valence-corrected chi connectivity index (χ3v) is 4.22. The molecular formula is C20H22O. The molecule has 0 fully saturated rings. The van der Waals surface area contributed by atoms with Crippen LogP contribution in [0, 0.1) is 34.6 Å². The van der Waals surface area contributed by atoms with Crippen molar-refractivity contribution in [2.24, 2.45) is 0 Å². The first kappa shape index (κ1) is 13.9. The molecule has 0 aromatic heterocycles. The Balaban J connectivity index is 2.25. The highest BCUT2D eigenvalue weighted by molar-refractivity contribution is 5.86. The molecule has 21 heavy (non-hydrogen) atoms. The second-order valence-corrected chi connectivity index (χ2v) is 6.23. The maximum atomic E-state index is 5.75. The molecule has 0 saturated carbocycles. The molecular weight excluding hydrogens is 256 g/mol.